The van der Waals surface area contributed by atoms with Crippen molar-refractivity contribution in [1.82, 2.24) is 10.2 Å². The predicted octanol–water partition coefficient (Wildman–Crippen LogP) is 2.71. The zero-order chi connectivity index (χ0) is 19.9. The fourth-order valence-corrected chi connectivity index (χ4v) is 2.42. The zero-order valence-electron chi connectivity index (χ0n) is 15.7. The van der Waals surface area contributed by atoms with Crippen LogP contribution in [-0.2, 0) is 25.6 Å². The van der Waals surface area contributed by atoms with Crippen molar-refractivity contribution in [3.63, 3.8) is 0 Å². The van der Waals surface area contributed by atoms with E-state index in [1.54, 1.807) is 27.7 Å². The third-order valence-electron chi connectivity index (χ3n) is 3.25. The van der Waals surface area contributed by atoms with E-state index in [0.29, 0.717) is 0 Å². The summed E-state index contributed by atoms with van der Waals surface area (Å²) in [6, 6.07) is 6.74. The molecule has 0 aliphatic heterocycles. The summed E-state index contributed by atoms with van der Waals surface area (Å²) in [4.78, 5) is 37.6. The van der Waals surface area contributed by atoms with E-state index in [4.69, 9.17) is 4.74 Å². The fraction of sp³-hybridized carbons (Fsp3) is 0.500. The molecule has 1 rings (SSSR count). The lowest BCUT2D eigenvalue weighted by atomic mass is 10.2. The van der Waals surface area contributed by atoms with Crippen molar-refractivity contribution in [2.75, 3.05) is 13.7 Å². The van der Waals surface area contributed by atoms with Gasteiger partial charge in [0.25, 0.3) is 0 Å². The van der Waals surface area contributed by atoms with Crippen LogP contribution in [-0.4, -0.2) is 48.2 Å². The van der Waals surface area contributed by atoms with Crippen molar-refractivity contribution >= 4 is 40.6 Å². The summed E-state index contributed by atoms with van der Waals surface area (Å²) in [7, 11) is 1.26. The highest BCUT2D eigenvalue weighted by Gasteiger charge is 2.26. The number of alkyl carbamates (subject to hydrolysis) is 1. The van der Waals surface area contributed by atoms with Crippen LogP contribution >= 0.6 is 22.6 Å². The molecule has 0 radical (unpaired) electrons. The first-order chi connectivity index (χ1) is 12.0. The van der Waals surface area contributed by atoms with E-state index in [2.05, 4.69) is 32.6 Å². The van der Waals surface area contributed by atoms with Crippen LogP contribution in [0.2, 0.25) is 0 Å². The molecular weight excluding hydrogens is 451 g/mol. The molecule has 0 saturated heterocycles. The standard InChI is InChI=1S/C18H25IN2O5/c1-12(20-17(24)26-18(2,3)4)16(23)21(11-15(22)25-5)10-13-6-8-14(19)9-7-13/h6-9,12H,10-11H2,1-5H3,(H,20,24). The van der Waals surface area contributed by atoms with Crippen LogP contribution in [0, 0.1) is 3.57 Å². The highest BCUT2D eigenvalue weighted by molar-refractivity contribution is 14.1. The Morgan fingerprint density at radius 2 is 1.77 bits per heavy atom. The molecule has 0 heterocycles. The highest BCUT2D eigenvalue weighted by atomic mass is 127. The molecule has 0 aromatic heterocycles. The van der Waals surface area contributed by atoms with Crippen molar-refractivity contribution in [3.05, 3.63) is 33.4 Å². The molecular formula is C18H25IN2O5. The lowest BCUT2D eigenvalue weighted by Crippen LogP contribution is -2.49. The van der Waals surface area contributed by atoms with Gasteiger partial charge in [-0.3, -0.25) is 9.59 Å². The van der Waals surface area contributed by atoms with Gasteiger partial charge in [0.05, 0.1) is 7.11 Å². The first-order valence-electron chi connectivity index (χ1n) is 8.11. The van der Waals surface area contributed by atoms with Crippen LogP contribution in [0.15, 0.2) is 24.3 Å². The van der Waals surface area contributed by atoms with E-state index in [9.17, 15) is 14.4 Å². The van der Waals surface area contributed by atoms with E-state index >= 15 is 0 Å². The van der Waals surface area contributed by atoms with Gasteiger partial charge in [-0.05, 0) is 68.0 Å². The number of methoxy groups -OCH3 is 1. The Bertz CT molecular complexity index is 640. The van der Waals surface area contributed by atoms with Crippen molar-refractivity contribution in [2.45, 2.75) is 45.9 Å². The maximum Gasteiger partial charge on any atom is 0.408 e. The molecule has 2 amide bonds. The summed E-state index contributed by atoms with van der Waals surface area (Å²) in [6.07, 6.45) is -0.689. The molecule has 144 valence electrons. The molecule has 0 aliphatic rings. The minimum atomic E-state index is -0.849. The van der Waals surface area contributed by atoms with Gasteiger partial charge in [-0.1, -0.05) is 12.1 Å². The number of carbonyl (C=O) groups excluding carboxylic acids is 3. The van der Waals surface area contributed by atoms with Crippen LogP contribution in [0.3, 0.4) is 0 Å². The summed E-state index contributed by atoms with van der Waals surface area (Å²) < 4.78 is 10.9. The smallest absolute Gasteiger partial charge is 0.408 e. The van der Waals surface area contributed by atoms with Gasteiger partial charge in [0.1, 0.15) is 18.2 Å². The molecule has 0 fully saturated rings. The monoisotopic (exact) mass is 476 g/mol. The van der Waals surface area contributed by atoms with E-state index in [1.807, 2.05) is 24.3 Å². The van der Waals surface area contributed by atoms with Crippen LogP contribution in [0.25, 0.3) is 0 Å². The van der Waals surface area contributed by atoms with E-state index in [1.165, 1.54) is 12.0 Å². The molecule has 0 aliphatic carbocycles. The summed E-state index contributed by atoms with van der Waals surface area (Å²) in [6.45, 7) is 6.77. The minimum absolute atomic E-state index is 0.207. The highest BCUT2D eigenvalue weighted by Crippen LogP contribution is 2.11. The van der Waals surface area contributed by atoms with Crippen molar-refractivity contribution in [1.29, 1.82) is 0 Å². The number of nitrogens with one attached hydrogen (secondary N) is 1. The molecule has 0 spiro atoms. The summed E-state index contributed by atoms with van der Waals surface area (Å²) >= 11 is 2.19. The maximum absolute atomic E-state index is 12.7. The summed E-state index contributed by atoms with van der Waals surface area (Å²) in [5.74, 6) is -0.937. The second kappa shape index (κ2) is 9.75. The summed E-state index contributed by atoms with van der Waals surface area (Å²) in [5, 5.41) is 2.50. The second-order valence-electron chi connectivity index (χ2n) is 6.76. The van der Waals surface area contributed by atoms with Crippen molar-refractivity contribution < 1.29 is 23.9 Å². The lowest BCUT2D eigenvalue weighted by Gasteiger charge is -2.26. The van der Waals surface area contributed by atoms with E-state index in [0.717, 1.165) is 9.13 Å². The average molecular weight is 476 g/mol. The molecule has 0 saturated carbocycles. The van der Waals surface area contributed by atoms with Crippen LogP contribution in [0.1, 0.15) is 33.3 Å². The van der Waals surface area contributed by atoms with Gasteiger partial charge in [-0.15, -0.1) is 0 Å². The SMILES string of the molecule is COC(=O)CN(Cc1ccc(I)cc1)C(=O)C(C)NC(=O)OC(C)(C)C. The Kier molecular flexibility index (Phi) is 8.32. The van der Waals surface area contributed by atoms with Gasteiger partial charge >= 0.3 is 12.1 Å². The molecule has 7 nitrogen and oxygen atoms in total. The van der Waals surface area contributed by atoms with Crippen molar-refractivity contribution in [2.24, 2.45) is 0 Å². The average Bonchev–Trinajstić information content (AvgIpc) is 2.53. The molecule has 1 unspecified atom stereocenters. The Hall–Kier alpha value is -1.84. The molecule has 1 atom stereocenters. The molecule has 1 N–H and O–H groups in total. The number of rotatable bonds is 6. The number of hydrogen-bond donors (Lipinski definition) is 1. The summed E-state index contributed by atoms with van der Waals surface area (Å²) in [5.41, 5.74) is 0.201. The normalized spacial score (nSPS) is 12.1. The Morgan fingerprint density at radius 3 is 2.27 bits per heavy atom. The predicted molar refractivity (Wildman–Crippen MR) is 105 cm³/mol. The van der Waals surface area contributed by atoms with Crippen LogP contribution in [0.5, 0.6) is 0 Å². The minimum Gasteiger partial charge on any atom is -0.468 e. The Morgan fingerprint density at radius 1 is 1.19 bits per heavy atom. The number of ether oxygens (including phenoxy) is 2. The van der Waals surface area contributed by atoms with Gasteiger partial charge < -0.3 is 19.7 Å². The zero-order valence-corrected chi connectivity index (χ0v) is 17.8. The number of halogens is 1. The lowest BCUT2D eigenvalue weighted by molar-refractivity contribution is -0.148. The van der Waals surface area contributed by atoms with Crippen LogP contribution < -0.4 is 5.32 Å². The number of carbonyl (C=O) groups is 3. The quantitative estimate of drug-likeness (QED) is 0.504. The first-order valence-corrected chi connectivity index (χ1v) is 9.19. The number of amides is 2. The largest absolute Gasteiger partial charge is 0.468 e. The fourth-order valence-electron chi connectivity index (χ4n) is 2.06. The topological polar surface area (TPSA) is 84.9 Å². The molecule has 26 heavy (non-hydrogen) atoms. The van der Waals surface area contributed by atoms with Gasteiger partial charge in [-0.25, -0.2) is 4.79 Å². The van der Waals surface area contributed by atoms with Crippen LogP contribution in [0.4, 0.5) is 4.79 Å². The van der Waals surface area contributed by atoms with E-state index in [-0.39, 0.29) is 13.1 Å². The van der Waals surface area contributed by atoms with Gasteiger partial charge in [0, 0.05) is 10.1 Å². The third kappa shape index (κ3) is 8.03. The first kappa shape index (κ1) is 22.2. The molecule has 8 heteroatoms. The van der Waals surface area contributed by atoms with Crippen molar-refractivity contribution in [3.8, 4) is 0 Å². The number of benzene rings is 1. The molecule has 1 aromatic rings. The van der Waals surface area contributed by atoms with E-state index < -0.39 is 29.6 Å². The second-order valence-corrected chi connectivity index (χ2v) is 8.01. The van der Waals surface area contributed by atoms with Gasteiger partial charge in [0.2, 0.25) is 5.91 Å². The Balaban J connectivity index is 2.83. The maximum atomic E-state index is 12.7. The molecule has 0 bridgehead atoms. The molecule has 1 aromatic carbocycles. The van der Waals surface area contributed by atoms with Gasteiger partial charge in [0.15, 0.2) is 0 Å². The Labute approximate surface area is 167 Å². The number of nitrogens with zero attached hydrogens (tertiary/aromatic N) is 1. The third-order valence-corrected chi connectivity index (χ3v) is 3.97. The number of esters is 1. The number of hydrogen-bond acceptors (Lipinski definition) is 5. The van der Waals surface area contributed by atoms with Gasteiger partial charge in [-0.2, -0.15) is 0 Å².